The van der Waals surface area contributed by atoms with E-state index in [4.69, 9.17) is 14.2 Å². The third-order valence-electron chi connectivity index (χ3n) is 15.3. The molecule has 476 valence electrons. The van der Waals surface area contributed by atoms with Crippen molar-refractivity contribution in [3.63, 3.8) is 0 Å². The fraction of sp³-hybridized carbons (Fsp3) is 0.727. The minimum Gasteiger partial charge on any atom is -0.462 e. The molecule has 0 amide bonds. The Balaban J connectivity index is 4.32. The van der Waals surface area contributed by atoms with Gasteiger partial charge in [0.05, 0.1) is 0 Å². The second-order valence-corrected chi connectivity index (χ2v) is 23.4. The van der Waals surface area contributed by atoms with Gasteiger partial charge in [-0.25, -0.2) is 0 Å². The van der Waals surface area contributed by atoms with E-state index in [1.54, 1.807) is 0 Å². The third-order valence-corrected chi connectivity index (χ3v) is 15.3. The zero-order valence-electron chi connectivity index (χ0n) is 54.7. The van der Waals surface area contributed by atoms with Crippen LogP contribution in [-0.2, 0) is 28.6 Å². The van der Waals surface area contributed by atoms with Gasteiger partial charge in [-0.05, 0) is 109 Å². The van der Waals surface area contributed by atoms with Crippen LogP contribution in [0.2, 0.25) is 0 Å². The quantitative estimate of drug-likeness (QED) is 0.0261. The molecule has 6 nitrogen and oxygen atoms in total. The fourth-order valence-corrected chi connectivity index (χ4v) is 9.99. The highest BCUT2D eigenvalue weighted by molar-refractivity contribution is 5.71. The Hall–Kier alpha value is -3.93. The highest BCUT2D eigenvalue weighted by atomic mass is 16.6. The lowest BCUT2D eigenvalue weighted by atomic mass is 10.0. The molecule has 0 bridgehead atoms. The van der Waals surface area contributed by atoms with Gasteiger partial charge in [0, 0.05) is 19.3 Å². The standard InChI is InChI=1S/C77H132O6/c1-4-7-10-13-16-19-22-25-27-29-31-33-35-37-38-39-40-41-43-44-46-48-50-52-55-58-61-64-67-70-76(79)82-73-74(72-81-75(78)69-66-63-60-57-54-24-21-18-15-12-9-6-3)83-77(80)71-68-65-62-59-56-53-51-49-47-45-42-36-34-32-30-28-26-23-20-17-14-11-8-5-2/h7,10,16,18-19,21,25,27,31,33,37-38,40-41,44,46,50,52,74H,4-6,8-9,11-15,17,20,22-24,26,28-30,32,34-36,39,42-43,45,47-49,51,53-73H2,1-3H3/b10-7-,19-16-,21-18-,27-25-,33-31-,38-37-,41-40-,46-44-,52-50-. The van der Waals surface area contributed by atoms with Crippen molar-refractivity contribution in [3.8, 4) is 0 Å². The van der Waals surface area contributed by atoms with Crippen LogP contribution in [-0.4, -0.2) is 37.2 Å². The fourth-order valence-electron chi connectivity index (χ4n) is 9.99. The van der Waals surface area contributed by atoms with E-state index in [1.807, 2.05) is 0 Å². The van der Waals surface area contributed by atoms with Gasteiger partial charge in [0.25, 0.3) is 0 Å². The van der Waals surface area contributed by atoms with Crippen LogP contribution in [0.4, 0.5) is 0 Å². The summed E-state index contributed by atoms with van der Waals surface area (Å²) in [7, 11) is 0. The molecule has 0 radical (unpaired) electrons. The predicted octanol–water partition coefficient (Wildman–Crippen LogP) is 24.6. The van der Waals surface area contributed by atoms with Crippen LogP contribution in [0, 0.1) is 0 Å². The molecule has 0 aromatic rings. The highest BCUT2D eigenvalue weighted by Gasteiger charge is 2.19. The van der Waals surface area contributed by atoms with Gasteiger partial charge >= 0.3 is 17.9 Å². The van der Waals surface area contributed by atoms with Crippen molar-refractivity contribution in [2.75, 3.05) is 13.2 Å². The Morgan fingerprint density at radius 2 is 0.470 bits per heavy atom. The van der Waals surface area contributed by atoms with Crippen molar-refractivity contribution in [2.45, 2.75) is 348 Å². The lowest BCUT2D eigenvalue weighted by molar-refractivity contribution is -0.167. The molecule has 0 aliphatic rings. The number of carbonyl (C=O) groups is 3. The molecule has 0 N–H and O–H groups in total. The zero-order chi connectivity index (χ0) is 59.9. The minimum atomic E-state index is -0.793. The first kappa shape index (κ1) is 79.1. The highest BCUT2D eigenvalue weighted by Crippen LogP contribution is 2.17. The molecule has 0 spiro atoms. The number of allylic oxidation sites excluding steroid dienone is 18. The van der Waals surface area contributed by atoms with Crippen molar-refractivity contribution >= 4 is 17.9 Å². The smallest absolute Gasteiger partial charge is 0.306 e. The monoisotopic (exact) mass is 1150 g/mol. The van der Waals surface area contributed by atoms with Crippen LogP contribution in [0.15, 0.2) is 109 Å². The van der Waals surface area contributed by atoms with Crippen LogP contribution in [0.5, 0.6) is 0 Å². The second-order valence-electron chi connectivity index (χ2n) is 23.4. The van der Waals surface area contributed by atoms with Gasteiger partial charge in [-0.3, -0.25) is 14.4 Å². The van der Waals surface area contributed by atoms with E-state index >= 15 is 0 Å². The van der Waals surface area contributed by atoms with Crippen molar-refractivity contribution in [1.29, 1.82) is 0 Å². The van der Waals surface area contributed by atoms with Crippen LogP contribution in [0.25, 0.3) is 0 Å². The summed E-state index contributed by atoms with van der Waals surface area (Å²) in [6.07, 6.45) is 96.9. The largest absolute Gasteiger partial charge is 0.462 e. The zero-order valence-corrected chi connectivity index (χ0v) is 54.7. The Labute approximate surface area is 514 Å². The Kier molecular flexibility index (Phi) is 67.2. The normalized spacial score (nSPS) is 12.8. The van der Waals surface area contributed by atoms with Crippen molar-refractivity contribution in [1.82, 2.24) is 0 Å². The maximum Gasteiger partial charge on any atom is 0.306 e. The molecule has 83 heavy (non-hydrogen) atoms. The SMILES string of the molecule is CC/C=C\C/C=C\C/C=C\C/C=C\C/C=C\C/C=C\C/C=C\C/C=C\CCCCCCC(=O)OCC(COC(=O)CCCCCCC/C=C\CCCCC)OC(=O)CCCCCCCCCCCCCCCCCCCCCCCCCC. The molecule has 1 unspecified atom stereocenters. The van der Waals surface area contributed by atoms with Gasteiger partial charge in [-0.1, -0.05) is 323 Å². The predicted molar refractivity (Wildman–Crippen MR) is 362 cm³/mol. The Bertz CT molecular complexity index is 1660. The summed E-state index contributed by atoms with van der Waals surface area (Å²) >= 11 is 0. The number of ether oxygens (including phenoxy) is 3. The lowest BCUT2D eigenvalue weighted by Gasteiger charge is -2.18. The molecular formula is C77H132O6. The number of unbranched alkanes of at least 4 members (excludes halogenated alkanes) is 35. The van der Waals surface area contributed by atoms with E-state index in [2.05, 4.69) is 130 Å². The summed E-state index contributed by atoms with van der Waals surface area (Å²) in [6.45, 7) is 6.51. The summed E-state index contributed by atoms with van der Waals surface area (Å²) < 4.78 is 16.9. The maximum atomic E-state index is 13.0. The third kappa shape index (κ3) is 68.7. The van der Waals surface area contributed by atoms with Crippen LogP contribution < -0.4 is 0 Å². The first-order chi connectivity index (χ1) is 41.0. The van der Waals surface area contributed by atoms with Gasteiger partial charge in [0.2, 0.25) is 0 Å². The summed E-state index contributed by atoms with van der Waals surface area (Å²) in [6, 6.07) is 0. The molecule has 0 aromatic heterocycles. The molecule has 0 aromatic carbocycles. The van der Waals surface area contributed by atoms with E-state index in [9.17, 15) is 14.4 Å². The molecule has 0 fully saturated rings. The number of hydrogen-bond acceptors (Lipinski definition) is 6. The molecule has 0 heterocycles. The number of hydrogen-bond donors (Lipinski definition) is 0. The van der Waals surface area contributed by atoms with Crippen LogP contribution >= 0.6 is 0 Å². The van der Waals surface area contributed by atoms with E-state index in [1.165, 1.54) is 173 Å². The van der Waals surface area contributed by atoms with Gasteiger partial charge in [0.15, 0.2) is 6.10 Å². The van der Waals surface area contributed by atoms with Crippen LogP contribution in [0.3, 0.4) is 0 Å². The molecule has 0 saturated heterocycles. The average Bonchev–Trinajstić information content (AvgIpc) is 3.49. The van der Waals surface area contributed by atoms with Crippen molar-refractivity contribution in [2.24, 2.45) is 0 Å². The van der Waals surface area contributed by atoms with E-state index < -0.39 is 6.10 Å². The molecule has 0 rings (SSSR count). The first-order valence-electron chi connectivity index (χ1n) is 35.4. The lowest BCUT2D eigenvalue weighted by Crippen LogP contribution is -2.30. The number of rotatable bonds is 64. The van der Waals surface area contributed by atoms with E-state index in [0.717, 1.165) is 128 Å². The summed E-state index contributed by atoms with van der Waals surface area (Å²) in [5.74, 6) is -0.909. The topological polar surface area (TPSA) is 78.9 Å². The molecule has 0 saturated carbocycles. The number of carbonyl (C=O) groups excluding carboxylic acids is 3. The van der Waals surface area contributed by atoms with Gasteiger partial charge in [-0.2, -0.15) is 0 Å². The Morgan fingerprint density at radius 1 is 0.253 bits per heavy atom. The Morgan fingerprint density at radius 3 is 0.771 bits per heavy atom. The van der Waals surface area contributed by atoms with Gasteiger partial charge in [-0.15, -0.1) is 0 Å². The summed E-state index contributed by atoms with van der Waals surface area (Å²) in [5.41, 5.74) is 0. The van der Waals surface area contributed by atoms with E-state index in [0.29, 0.717) is 19.3 Å². The maximum absolute atomic E-state index is 13.0. The van der Waals surface area contributed by atoms with Gasteiger partial charge in [0.1, 0.15) is 13.2 Å². The summed E-state index contributed by atoms with van der Waals surface area (Å²) in [5, 5.41) is 0. The molecule has 0 aliphatic carbocycles. The summed E-state index contributed by atoms with van der Waals surface area (Å²) in [4.78, 5) is 38.4. The first-order valence-corrected chi connectivity index (χ1v) is 35.4. The molecule has 1 atom stereocenters. The number of esters is 3. The van der Waals surface area contributed by atoms with Gasteiger partial charge < -0.3 is 14.2 Å². The van der Waals surface area contributed by atoms with E-state index in [-0.39, 0.29) is 31.1 Å². The second kappa shape index (κ2) is 70.6. The average molecular weight is 1150 g/mol. The minimum absolute atomic E-state index is 0.0886. The molecule has 0 aliphatic heterocycles. The molecule has 6 heteroatoms. The van der Waals surface area contributed by atoms with Crippen molar-refractivity contribution < 1.29 is 28.6 Å². The van der Waals surface area contributed by atoms with Crippen molar-refractivity contribution in [3.05, 3.63) is 109 Å². The molecular weight excluding hydrogens is 1020 g/mol. The van der Waals surface area contributed by atoms with Crippen LogP contribution in [0.1, 0.15) is 342 Å².